The third-order valence-corrected chi connectivity index (χ3v) is 4.25. The second kappa shape index (κ2) is 5.90. The van der Waals surface area contributed by atoms with E-state index >= 15 is 0 Å². The molecular weight excluding hydrogens is 290 g/mol. The smallest absolute Gasteiger partial charge is 0.329 e. The van der Waals surface area contributed by atoms with E-state index in [4.69, 9.17) is 11.6 Å². The Morgan fingerprint density at radius 3 is 2.62 bits per heavy atom. The molecule has 1 saturated carbocycles. The number of aryl methyl sites for hydroxylation is 1. The van der Waals surface area contributed by atoms with Gasteiger partial charge in [0.2, 0.25) is 5.91 Å². The van der Waals surface area contributed by atoms with Crippen LogP contribution in [-0.4, -0.2) is 22.5 Å². The molecular formula is C16H18ClNO3. The molecule has 1 aliphatic rings. The van der Waals surface area contributed by atoms with Gasteiger partial charge in [-0.15, -0.1) is 0 Å². The van der Waals surface area contributed by atoms with Gasteiger partial charge in [-0.1, -0.05) is 23.7 Å². The van der Waals surface area contributed by atoms with E-state index in [1.165, 1.54) is 6.08 Å². The first kappa shape index (κ1) is 15.6. The average molecular weight is 308 g/mol. The molecule has 21 heavy (non-hydrogen) atoms. The first-order chi connectivity index (χ1) is 9.83. The number of amides is 1. The van der Waals surface area contributed by atoms with Gasteiger partial charge in [0.25, 0.3) is 0 Å². The summed E-state index contributed by atoms with van der Waals surface area (Å²) in [7, 11) is 0. The van der Waals surface area contributed by atoms with Crippen molar-refractivity contribution in [2.24, 2.45) is 5.92 Å². The molecule has 112 valence electrons. The first-order valence-corrected chi connectivity index (χ1v) is 7.20. The summed E-state index contributed by atoms with van der Waals surface area (Å²) in [5.41, 5.74) is 0.571. The summed E-state index contributed by atoms with van der Waals surface area (Å²) in [6.45, 7) is 3.46. The minimum absolute atomic E-state index is 0.0150. The Morgan fingerprint density at radius 2 is 2.10 bits per heavy atom. The molecule has 1 unspecified atom stereocenters. The second-order valence-electron chi connectivity index (χ2n) is 5.61. The van der Waals surface area contributed by atoms with E-state index < -0.39 is 17.4 Å². The van der Waals surface area contributed by atoms with Crippen molar-refractivity contribution in [3.05, 3.63) is 40.4 Å². The monoisotopic (exact) mass is 307 g/mol. The molecule has 2 N–H and O–H groups in total. The highest BCUT2D eigenvalue weighted by molar-refractivity contribution is 6.31. The van der Waals surface area contributed by atoms with E-state index in [1.807, 2.05) is 19.1 Å². The minimum Gasteiger partial charge on any atom is -0.480 e. The molecule has 1 aromatic carbocycles. The van der Waals surface area contributed by atoms with Crippen molar-refractivity contribution in [3.63, 3.8) is 0 Å². The predicted molar refractivity (Wildman–Crippen MR) is 82.1 cm³/mol. The van der Waals surface area contributed by atoms with Crippen molar-refractivity contribution in [3.8, 4) is 0 Å². The van der Waals surface area contributed by atoms with Crippen LogP contribution in [0.3, 0.4) is 0 Å². The molecule has 1 aromatic rings. The lowest BCUT2D eigenvalue weighted by Gasteiger charge is -2.25. The van der Waals surface area contributed by atoms with E-state index in [0.717, 1.165) is 24.0 Å². The van der Waals surface area contributed by atoms with Crippen LogP contribution in [0.1, 0.15) is 30.9 Å². The molecule has 2 rings (SSSR count). The number of carboxylic acids is 1. The van der Waals surface area contributed by atoms with E-state index in [9.17, 15) is 14.7 Å². The molecule has 0 saturated heterocycles. The summed E-state index contributed by atoms with van der Waals surface area (Å²) >= 11 is 6.01. The number of carbonyl (C=O) groups is 2. The van der Waals surface area contributed by atoms with Gasteiger partial charge in [0.1, 0.15) is 5.54 Å². The second-order valence-corrected chi connectivity index (χ2v) is 6.02. The quantitative estimate of drug-likeness (QED) is 0.822. The molecule has 1 atom stereocenters. The van der Waals surface area contributed by atoms with Crippen molar-refractivity contribution in [1.82, 2.24) is 5.32 Å². The molecule has 0 spiro atoms. The summed E-state index contributed by atoms with van der Waals surface area (Å²) in [5.74, 6) is -1.39. The average Bonchev–Trinajstić information content (AvgIpc) is 3.24. The molecule has 0 aromatic heterocycles. The van der Waals surface area contributed by atoms with E-state index in [2.05, 4.69) is 5.32 Å². The van der Waals surface area contributed by atoms with Crippen LogP contribution in [0.5, 0.6) is 0 Å². The predicted octanol–water partition coefficient (Wildman–Crippen LogP) is 3.03. The van der Waals surface area contributed by atoms with Crippen LogP contribution in [0.4, 0.5) is 0 Å². The van der Waals surface area contributed by atoms with E-state index in [1.54, 1.807) is 19.1 Å². The number of hydrogen-bond acceptors (Lipinski definition) is 2. The fraction of sp³-hybridized carbons (Fsp3) is 0.375. The Labute approximate surface area is 128 Å². The van der Waals surface area contributed by atoms with Crippen molar-refractivity contribution < 1.29 is 14.7 Å². The van der Waals surface area contributed by atoms with Gasteiger partial charge in [0.15, 0.2) is 0 Å². The van der Waals surface area contributed by atoms with Crippen LogP contribution in [0, 0.1) is 12.8 Å². The summed E-state index contributed by atoms with van der Waals surface area (Å²) in [6.07, 6.45) is 4.63. The van der Waals surface area contributed by atoms with Crippen LogP contribution < -0.4 is 5.32 Å². The van der Waals surface area contributed by atoms with Gasteiger partial charge in [0, 0.05) is 11.1 Å². The zero-order valence-electron chi connectivity index (χ0n) is 12.0. The summed E-state index contributed by atoms with van der Waals surface area (Å²) in [6, 6.07) is 5.48. The van der Waals surface area contributed by atoms with Gasteiger partial charge >= 0.3 is 5.97 Å². The third kappa shape index (κ3) is 3.64. The standard InChI is InChI=1S/C16H18ClNO3/c1-10-3-4-11(9-13(10)17)5-8-14(19)18-16(2,15(20)21)12-6-7-12/h3-5,8-9,12H,6-7H2,1-2H3,(H,18,19)(H,20,21)/b8-5+. The molecule has 0 aliphatic heterocycles. The van der Waals surface area contributed by atoms with Gasteiger partial charge in [0.05, 0.1) is 0 Å². The molecule has 1 aliphatic carbocycles. The van der Waals surface area contributed by atoms with Crippen LogP contribution >= 0.6 is 11.6 Å². The summed E-state index contributed by atoms with van der Waals surface area (Å²) in [4.78, 5) is 23.3. The van der Waals surface area contributed by atoms with E-state index in [-0.39, 0.29) is 5.92 Å². The Kier molecular flexibility index (Phi) is 4.37. The number of rotatable bonds is 5. The molecule has 1 amide bonds. The van der Waals surface area contributed by atoms with Crippen LogP contribution in [-0.2, 0) is 9.59 Å². The Hall–Kier alpha value is -1.81. The molecule has 0 heterocycles. The Morgan fingerprint density at radius 1 is 1.43 bits per heavy atom. The molecule has 0 radical (unpaired) electrons. The number of carboxylic acid groups (broad SMARTS) is 1. The van der Waals surface area contributed by atoms with Crippen LogP contribution in [0.25, 0.3) is 6.08 Å². The largest absolute Gasteiger partial charge is 0.480 e. The zero-order valence-corrected chi connectivity index (χ0v) is 12.8. The highest BCUT2D eigenvalue weighted by atomic mass is 35.5. The topological polar surface area (TPSA) is 66.4 Å². The SMILES string of the molecule is Cc1ccc(/C=C/C(=O)NC(C)(C(=O)O)C2CC2)cc1Cl. The van der Waals surface area contributed by atoms with E-state index in [0.29, 0.717) is 5.02 Å². The van der Waals surface area contributed by atoms with Crippen molar-refractivity contribution in [2.45, 2.75) is 32.2 Å². The number of halogens is 1. The van der Waals surface area contributed by atoms with Gasteiger partial charge in [-0.05, 0) is 55.9 Å². The first-order valence-electron chi connectivity index (χ1n) is 6.82. The maximum absolute atomic E-state index is 11.9. The molecule has 1 fully saturated rings. The third-order valence-electron chi connectivity index (χ3n) is 3.84. The molecule has 5 heteroatoms. The lowest BCUT2D eigenvalue weighted by molar-refractivity contribution is -0.147. The van der Waals surface area contributed by atoms with Gasteiger partial charge < -0.3 is 10.4 Å². The highest BCUT2D eigenvalue weighted by Gasteiger charge is 2.48. The lowest BCUT2D eigenvalue weighted by atomic mass is 9.96. The molecule has 0 bridgehead atoms. The zero-order chi connectivity index (χ0) is 15.6. The van der Waals surface area contributed by atoms with Crippen molar-refractivity contribution in [2.75, 3.05) is 0 Å². The maximum Gasteiger partial charge on any atom is 0.329 e. The van der Waals surface area contributed by atoms with Crippen molar-refractivity contribution in [1.29, 1.82) is 0 Å². The number of carbonyl (C=O) groups excluding carboxylic acids is 1. The van der Waals surface area contributed by atoms with Crippen LogP contribution in [0.15, 0.2) is 24.3 Å². The van der Waals surface area contributed by atoms with Gasteiger partial charge in [-0.25, -0.2) is 4.79 Å². The summed E-state index contributed by atoms with van der Waals surface area (Å²) < 4.78 is 0. The Bertz CT molecular complexity index is 608. The number of hydrogen-bond donors (Lipinski definition) is 2. The number of aliphatic carboxylic acids is 1. The highest BCUT2D eigenvalue weighted by Crippen LogP contribution is 2.39. The fourth-order valence-corrected chi connectivity index (χ4v) is 2.36. The summed E-state index contributed by atoms with van der Waals surface area (Å²) in [5, 5.41) is 12.5. The number of nitrogens with one attached hydrogen (secondary N) is 1. The normalized spacial score (nSPS) is 17.5. The Balaban J connectivity index is 2.05. The minimum atomic E-state index is -1.19. The number of benzene rings is 1. The van der Waals surface area contributed by atoms with Gasteiger partial charge in [-0.3, -0.25) is 4.79 Å². The van der Waals surface area contributed by atoms with Crippen LogP contribution in [0.2, 0.25) is 5.02 Å². The molecule has 4 nitrogen and oxygen atoms in total. The lowest BCUT2D eigenvalue weighted by Crippen LogP contribution is -2.53. The fourth-order valence-electron chi connectivity index (χ4n) is 2.17. The van der Waals surface area contributed by atoms with Gasteiger partial charge in [-0.2, -0.15) is 0 Å². The van der Waals surface area contributed by atoms with Crippen molar-refractivity contribution >= 4 is 29.6 Å². The maximum atomic E-state index is 11.9.